The molecule has 0 amide bonds. The van der Waals surface area contributed by atoms with Crippen molar-refractivity contribution in [3.63, 3.8) is 0 Å². The molecule has 22 heavy (non-hydrogen) atoms. The van der Waals surface area contributed by atoms with Gasteiger partial charge in [0.05, 0.1) is 12.0 Å². The van der Waals surface area contributed by atoms with Gasteiger partial charge in [-0.1, -0.05) is 30.3 Å². The summed E-state index contributed by atoms with van der Waals surface area (Å²) in [6.07, 6.45) is 1.63. The van der Waals surface area contributed by atoms with E-state index in [0.717, 1.165) is 27.9 Å². The third-order valence-electron chi connectivity index (χ3n) is 3.83. The van der Waals surface area contributed by atoms with Gasteiger partial charge >= 0.3 is 0 Å². The van der Waals surface area contributed by atoms with Crippen molar-refractivity contribution in [1.82, 2.24) is 9.78 Å². The van der Waals surface area contributed by atoms with Gasteiger partial charge in [-0.25, -0.2) is 0 Å². The first kappa shape index (κ1) is 12.7. The number of rotatable bonds is 2. The summed E-state index contributed by atoms with van der Waals surface area (Å²) >= 11 is 0. The molecule has 2 heterocycles. The van der Waals surface area contributed by atoms with E-state index in [2.05, 4.69) is 5.10 Å². The van der Waals surface area contributed by atoms with Crippen molar-refractivity contribution in [1.29, 1.82) is 0 Å². The highest BCUT2D eigenvalue weighted by molar-refractivity contribution is 5.94. The average molecular weight is 290 g/mol. The van der Waals surface area contributed by atoms with Gasteiger partial charge in [-0.15, -0.1) is 0 Å². The van der Waals surface area contributed by atoms with Crippen molar-refractivity contribution in [2.45, 2.75) is 0 Å². The number of phenols is 1. The third-order valence-corrected chi connectivity index (χ3v) is 3.83. The number of aromatic nitrogens is 2. The first-order valence-corrected chi connectivity index (χ1v) is 7.03. The van der Waals surface area contributed by atoms with Crippen molar-refractivity contribution in [2.24, 2.45) is 7.05 Å². The van der Waals surface area contributed by atoms with Crippen LogP contribution in [-0.4, -0.2) is 14.9 Å². The van der Waals surface area contributed by atoms with E-state index in [1.807, 2.05) is 61.6 Å². The largest absolute Gasteiger partial charge is 0.507 e. The molecule has 2 aromatic heterocycles. The number of hydrogen-bond donors (Lipinski definition) is 1. The molecule has 0 aliphatic rings. The molecule has 4 nitrogen and oxygen atoms in total. The van der Waals surface area contributed by atoms with E-state index in [4.69, 9.17) is 4.42 Å². The topological polar surface area (TPSA) is 51.2 Å². The zero-order valence-electron chi connectivity index (χ0n) is 12.0. The number of phenolic OH excluding ortho intramolecular Hbond substituents is 1. The minimum absolute atomic E-state index is 0.252. The Hall–Kier alpha value is -3.01. The number of furan rings is 1. The molecule has 4 heteroatoms. The summed E-state index contributed by atoms with van der Waals surface area (Å²) in [4.78, 5) is 0. The normalized spacial score (nSPS) is 11.1. The molecule has 1 N–H and O–H groups in total. The van der Waals surface area contributed by atoms with Crippen LogP contribution in [0.5, 0.6) is 5.75 Å². The van der Waals surface area contributed by atoms with Crippen molar-refractivity contribution in [2.75, 3.05) is 0 Å². The van der Waals surface area contributed by atoms with E-state index in [1.54, 1.807) is 10.9 Å². The zero-order valence-corrected chi connectivity index (χ0v) is 12.0. The van der Waals surface area contributed by atoms with Crippen LogP contribution in [0.1, 0.15) is 0 Å². The van der Waals surface area contributed by atoms with Crippen molar-refractivity contribution >= 4 is 10.8 Å². The number of aryl methyl sites for hydroxylation is 1. The number of benzene rings is 2. The summed E-state index contributed by atoms with van der Waals surface area (Å²) in [5.41, 5.74) is 2.30. The quantitative estimate of drug-likeness (QED) is 0.601. The second-order valence-electron chi connectivity index (χ2n) is 5.20. The predicted octanol–water partition coefficient (Wildman–Crippen LogP) is 4.21. The maximum absolute atomic E-state index is 10.6. The van der Waals surface area contributed by atoms with E-state index in [-0.39, 0.29) is 5.75 Å². The third kappa shape index (κ3) is 1.89. The number of aromatic hydroxyl groups is 1. The first-order chi connectivity index (χ1) is 10.7. The van der Waals surface area contributed by atoms with Crippen LogP contribution in [0, 0.1) is 0 Å². The van der Waals surface area contributed by atoms with Crippen LogP contribution in [0.25, 0.3) is 33.5 Å². The van der Waals surface area contributed by atoms with Gasteiger partial charge in [0.15, 0.2) is 5.76 Å². The Balaban J connectivity index is 1.89. The minimum Gasteiger partial charge on any atom is -0.507 e. The minimum atomic E-state index is 0.252. The standard InChI is InChI=1S/C18H14N2O2/c1-20-16(17-7-4-10-22-17)11-15(19-20)14-9-8-12-5-2-3-6-13(12)18(14)21/h2-11,21H,1H3. The van der Waals surface area contributed by atoms with Crippen LogP contribution in [0.15, 0.2) is 65.3 Å². The van der Waals surface area contributed by atoms with Gasteiger partial charge in [-0.3, -0.25) is 4.68 Å². The van der Waals surface area contributed by atoms with Gasteiger partial charge < -0.3 is 9.52 Å². The highest BCUT2D eigenvalue weighted by Crippen LogP contribution is 2.36. The van der Waals surface area contributed by atoms with Gasteiger partial charge in [0, 0.05) is 18.0 Å². The molecule has 4 rings (SSSR count). The molecule has 0 saturated carbocycles. The maximum Gasteiger partial charge on any atom is 0.151 e. The molecule has 0 radical (unpaired) electrons. The Morgan fingerprint density at radius 3 is 2.73 bits per heavy atom. The fraction of sp³-hybridized carbons (Fsp3) is 0.0556. The molecule has 2 aromatic carbocycles. The van der Waals surface area contributed by atoms with E-state index in [0.29, 0.717) is 5.56 Å². The molecule has 108 valence electrons. The van der Waals surface area contributed by atoms with Crippen molar-refractivity contribution < 1.29 is 9.52 Å². The molecule has 0 bridgehead atoms. The average Bonchev–Trinajstić information content (AvgIpc) is 3.17. The van der Waals surface area contributed by atoms with Crippen molar-refractivity contribution in [3.05, 3.63) is 60.9 Å². The lowest BCUT2D eigenvalue weighted by molar-refractivity contribution is 0.483. The number of nitrogens with zero attached hydrogens (tertiary/aromatic N) is 2. The molecule has 0 spiro atoms. The van der Waals surface area contributed by atoms with Gasteiger partial charge in [0.1, 0.15) is 11.4 Å². The van der Waals surface area contributed by atoms with Crippen LogP contribution in [0.3, 0.4) is 0 Å². The Labute approximate surface area is 127 Å². The fourth-order valence-corrected chi connectivity index (χ4v) is 2.72. The molecule has 0 saturated heterocycles. The Morgan fingerprint density at radius 1 is 1.05 bits per heavy atom. The molecule has 0 unspecified atom stereocenters. The van der Waals surface area contributed by atoms with Crippen LogP contribution >= 0.6 is 0 Å². The Kier molecular flexibility index (Phi) is 2.76. The summed E-state index contributed by atoms with van der Waals surface area (Å²) < 4.78 is 7.18. The summed E-state index contributed by atoms with van der Waals surface area (Å²) in [7, 11) is 1.86. The fourth-order valence-electron chi connectivity index (χ4n) is 2.72. The molecular weight excluding hydrogens is 276 g/mol. The number of fused-ring (bicyclic) bond motifs is 1. The highest BCUT2D eigenvalue weighted by Gasteiger charge is 2.15. The molecule has 4 aromatic rings. The van der Waals surface area contributed by atoms with Crippen LogP contribution < -0.4 is 0 Å². The van der Waals surface area contributed by atoms with Gasteiger partial charge in [-0.2, -0.15) is 5.10 Å². The van der Waals surface area contributed by atoms with Crippen LogP contribution in [-0.2, 0) is 7.05 Å². The molecule has 0 aliphatic heterocycles. The van der Waals surface area contributed by atoms with Gasteiger partial charge in [0.2, 0.25) is 0 Å². The number of hydrogen-bond acceptors (Lipinski definition) is 3. The maximum atomic E-state index is 10.6. The van der Waals surface area contributed by atoms with Gasteiger partial charge in [-0.05, 0) is 29.7 Å². The Bertz CT molecular complexity index is 953. The summed E-state index contributed by atoms with van der Waals surface area (Å²) in [5.74, 6) is 1.00. The predicted molar refractivity (Wildman–Crippen MR) is 85.5 cm³/mol. The molecular formula is C18H14N2O2. The summed E-state index contributed by atoms with van der Waals surface area (Å²) in [5, 5.41) is 16.9. The van der Waals surface area contributed by atoms with E-state index < -0.39 is 0 Å². The van der Waals surface area contributed by atoms with Gasteiger partial charge in [0.25, 0.3) is 0 Å². The summed E-state index contributed by atoms with van der Waals surface area (Å²) in [6, 6.07) is 17.3. The SMILES string of the molecule is Cn1nc(-c2ccc3ccccc3c2O)cc1-c1ccco1. The smallest absolute Gasteiger partial charge is 0.151 e. The summed E-state index contributed by atoms with van der Waals surface area (Å²) in [6.45, 7) is 0. The first-order valence-electron chi connectivity index (χ1n) is 7.03. The second kappa shape index (κ2) is 4.77. The molecule has 0 aliphatic carbocycles. The van der Waals surface area contributed by atoms with E-state index >= 15 is 0 Å². The van der Waals surface area contributed by atoms with Crippen LogP contribution in [0.4, 0.5) is 0 Å². The lowest BCUT2D eigenvalue weighted by Gasteiger charge is -2.05. The lowest BCUT2D eigenvalue weighted by Crippen LogP contribution is -1.92. The molecule has 0 atom stereocenters. The Morgan fingerprint density at radius 2 is 1.91 bits per heavy atom. The highest BCUT2D eigenvalue weighted by atomic mass is 16.3. The monoisotopic (exact) mass is 290 g/mol. The van der Waals surface area contributed by atoms with Crippen molar-refractivity contribution in [3.8, 4) is 28.5 Å². The zero-order chi connectivity index (χ0) is 15.1. The second-order valence-corrected chi connectivity index (χ2v) is 5.20. The van der Waals surface area contributed by atoms with Crippen LogP contribution in [0.2, 0.25) is 0 Å². The van der Waals surface area contributed by atoms with E-state index in [1.165, 1.54) is 0 Å². The van der Waals surface area contributed by atoms with E-state index in [9.17, 15) is 5.11 Å². The molecule has 0 fully saturated rings. The lowest BCUT2D eigenvalue weighted by atomic mass is 10.0.